The molecule has 0 aliphatic rings. The number of rotatable bonds is 5. The van der Waals surface area contributed by atoms with Crippen molar-refractivity contribution in [3.05, 3.63) is 88.7 Å². The minimum Gasteiger partial charge on any atom is -0.348 e. The Kier molecular flexibility index (Phi) is 4.74. The average Bonchev–Trinajstić information content (AvgIpc) is 3.07. The van der Waals surface area contributed by atoms with Gasteiger partial charge in [-0.25, -0.2) is 0 Å². The zero-order chi connectivity index (χ0) is 16.1. The summed E-state index contributed by atoms with van der Waals surface area (Å²) in [6, 6.07) is 17.0. The maximum Gasteiger partial charge on any atom is 0.253 e. The molecule has 0 aliphatic heterocycles. The van der Waals surface area contributed by atoms with E-state index in [0.29, 0.717) is 17.1 Å². The monoisotopic (exact) mass is 325 g/mol. The number of carbonyl (C=O) groups excluding carboxylic acids is 1. The van der Waals surface area contributed by atoms with Gasteiger partial charge in [0.2, 0.25) is 0 Å². The van der Waals surface area contributed by atoms with Crippen molar-refractivity contribution in [2.45, 2.75) is 13.1 Å². The van der Waals surface area contributed by atoms with Crippen LogP contribution < -0.4 is 5.32 Å². The third kappa shape index (κ3) is 3.99. The normalized spacial score (nSPS) is 10.5. The Morgan fingerprint density at radius 1 is 1.04 bits per heavy atom. The zero-order valence-electron chi connectivity index (χ0n) is 12.4. The van der Waals surface area contributed by atoms with Crippen LogP contribution in [-0.2, 0) is 13.1 Å². The van der Waals surface area contributed by atoms with Crippen LogP contribution in [0.2, 0.25) is 5.02 Å². The van der Waals surface area contributed by atoms with E-state index < -0.39 is 0 Å². The summed E-state index contributed by atoms with van der Waals surface area (Å²) in [6.07, 6.45) is 3.69. The summed E-state index contributed by atoms with van der Waals surface area (Å²) in [5.41, 5.74) is 2.69. The van der Waals surface area contributed by atoms with Gasteiger partial charge in [-0.2, -0.15) is 5.10 Å². The van der Waals surface area contributed by atoms with E-state index in [4.69, 9.17) is 11.6 Å². The fraction of sp³-hybridized carbons (Fsp3) is 0.111. The maximum atomic E-state index is 12.1. The predicted molar refractivity (Wildman–Crippen MR) is 90.4 cm³/mol. The van der Waals surface area contributed by atoms with Crippen LogP contribution in [0.5, 0.6) is 0 Å². The highest BCUT2D eigenvalue weighted by Gasteiger charge is 2.08. The minimum atomic E-state index is -0.170. The average molecular weight is 326 g/mol. The van der Waals surface area contributed by atoms with Gasteiger partial charge in [-0.3, -0.25) is 9.48 Å². The van der Waals surface area contributed by atoms with Crippen LogP contribution in [0.25, 0.3) is 0 Å². The largest absolute Gasteiger partial charge is 0.348 e. The molecule has 23 heavy (non-hydrogen) atoms. The fourth-order valence-electron chi connectivity index (χ4n) is 2.27. The van der Waals surface area contributed by atoms with E-state index >= 15 is 0 Å². The lowest BCUT2D eigenvalue weighted by Crippen LogP contribution is -2.23. The van der Waals surface area contributed by atoms with Gasteiger partial charge in [0, 0.05) is 18.9 Å². The molecular formula is C18H16ClN3O. The smallest absolute Gasteiger partial charge is 0.253 e. The fourth-order valence-corrected chi connectivity index (χ4v) is 2.49. The molecule has 0 fully saturated rings. The number of halogens is 1. The Bertz CT molecular complexity index is 782. The molecule has 0 atom stereocenters. The van der Waals surface area contributed by atoms with Crippen molar-refractivity contribution in [3.63, 3.8) is 0 Å². The number of carbonyl (C=O) groups is 1. The molecule has 1 amide bonds. The second kappa shape index (κ2) is 7.11. The Morgan fingerprint density at radius 3 is 2.48 bits per heavy atom. The van der Waals surface area contributed by atoms with Crippen LogP contribution in [0, 0.1) is 0 Å². The van der Waals surface area contributed by atoms with E-state index in [1.54, 1.807) is 30.5 Å². The molecule has 3 aromatic rings. The van der Waals surface area contributed by atoms with Crippen LogP contribution >= 0.6 is 11.6 Å². The summed E-state index contributed by atoms with van der Waals surface area (Å²) in [5.74, 6) is -0.170. The second-order valence-electron chi connectivity index (χ2n) is 5.18. The summed E-state index contributed by atoms with van der Waals surface area (Å²) in [5, 5.41) is 7.52. The van der Waals surface area contributed by atoms with Crippen molar-refractivity contribution < 1.29 is 4.79 Å². The molecule has 0 bridgehead atoms. The van der Waals surface area contributed by atoms with Crippen molar-refractivity contribution in [3.8, 4) is 0 Å². The second-order valence-corrected chi connectivity index (χ2v) is 5.59. The molecule has 1 N–H and O–H groups in total. The zero-order valence-corrected chi connectivity index (χ0v) is 13.2. The van der Waals surface area contributed by atoms with E-state index in [2.05, 4.69) is 10.4 Å². The molecular weight excluding hydrogens is 310 g/mol. The third-order valence-corrected chi connectivity index (χ3v) is 3.83. The molecule has 0 aliphatic carbocycles. The van der Waals surface area contributed by atoms with Crippen molar-refractivity contribution in [1.29, 1.82) is 0 Å². The van der Waals surface area contributed by atoms with Crippen molar-refractivity contribution in [1.82, 2.24) is 15.1 Å². The van der Waals surface area contributed by atoms with Crippen LogP contribution in [0.15, 0.2) is 67.0 Å². The molecule has 1 aromatic heterocycles. The number of benzene rings is 2. The van der Waals surface area contributed by atoms with E-state index in [-0.39, 0.29) is 5.91 Å². The molecule has 0 saturated carbocycles. The summed E-state index contributed by atoms with van der Waals surface area (Å²) < 4.78 is 1.87. The Labute approximate surface area is 139 Å². The van der Waals surface area contributed by atoms with Gasteiger partial charge in [-0.15, -0.1) is 0 Å². The van der Waals surface area contributed by atoms with Gasteiger partial charge in [-0.1, -0.05) is 48.0 Å². The minimum absolute atomic E-state index is 0.170. The van der Waals surface area contributed by atoms with Gasteiger partial charge in [0.05, 0.1) is 17.1 Å². The van der Waals surface area contributed by atoms with Gasteiger partial charge in [0.15, 0.2) is 0 Å². The van der Waals surface area contributed by atoms with Crippen LogP contribution in [-0.4, -0.2) is 15.7 Å². The highest BCUT2D eigenvalue weighted by Crippen LogP contribution is 2.14. The lowest BCUT2D eigenvalue weighted by molar-refractivity contribution is 0.0951. The lowest BCUT2D eigenvalue weighted by Gasteiger charge is -2.08. The maximum absolute atomic E-state index is 12.1. The quantitative estimate of drug-likeness (QED) is 0.780. The lowest BCUT2D eigenvalue weighted by atomic mass is 10.1. The highest BCUT2D eigenvalue weighted by molar-refractivity contribution is 6.33. The molecule has 116 valence electrons. The summed E-state index contributed by atoms with van der Waals surface area (Å²) >= 11 is 6.02. The highest BCUT2D eigenvalue weighted by atomic mass is 35.5. The molecule has 0 spiro atoms. The van der Waals surface area contributed by atoms with E-state index in [9.17, 15) is 4.79 Å². The first-order valence-electron chi connectivity index (χ1n) is 7.30. The number of hydrogen-bond donors (Lipinski definition) is 1. The number of hydrogen-bond acceptors (Lipinski definition) is 2. The Balaban J connectivity index is 1.58. The van der Waals surface area contributed by atoms with E-state index in [1.165, 1.54) is 0 Å². The number of amides is 1. The first-order chi connectivity index (χ1) is 11.2. The van der Waals surface area contributed by atoms with Crippen LogP contribution in [0.1, 0.15) is 21.5 Å². The standard InChI is InChI=1S/C18H16ClN3O/c19-17-5-2-1-4-16(17)18(23)20-12-14-6-8-15(9-7-14)13-22-11-3-10-21-22/h1-11H,12-13H2,(H,20,23). The van der Waals surface area contributed by atoms with E-state index in [0.717, 1.165) is 17.7 Å². The van der Waals surface area contributed by atoms with Gasteiger partial charge in [-0.05, 0) is 29.3 Å². The molecule has 0 unspecified atom stereocenters. The first kappa shape index (κ1) is 15.3. The molecule has 2 aromatic carbocycles. The molecule has 5 heteroatoms. The summed E-state index contributed by atoms with van der Waals surface area (Å²) in [4.78, 5) is 12.1. The van der Waals surface area contributed by atoms with E-state index in [1.807, 2.05) is 41.2 Å². The molecule has 0 radical (unpaired) electrons. The number of nitrogens with one attached hydrogen (secondary N) is 1. The molecule has 3 rings (SSSR count). The Hall–Kier alpha value is -2.59. The number of aromatic nitrogens is 2. The van der Waals surface area contributed by atoms with Crippen molar-refractivity contribution in [2.75, 3.05) is 0 Å². The third-order valence-electron chi connectivity index (χ3n) is 3.50. The van der Waals surface area contributed by atoms with Crippen molar-refractivity contribution >= 4 is 17.5 Å². The predicted octanol–water partition coefficient (Wildman–Crippen LogP) is 3.51. The topological polar surface area (TPSA) is 46.9 Å². The van der Waals surface area contributed by atoms with Gasteiger partial charge >= 0.3 is 0 Å². The van der Waals surface area contributed by atoms with Crippen LogP contribution in [0.4, 0.5) is 0 Å². The first-order valence-corrected chi connectivity index (χ1v) is 7.68. The SMILES string of the molecule is O=C(NCc1ccc(Cn2cccn2)cc1)c1ccccc1Cl. The molecule has 1 heterocycles. The summed E-state index contributed by atoms with van der Waals surface area (Å²) in [7, 11) is 0. The van der Waals surface area contributed by atoms with Gasteiger partial charge < -0.3 is 5.32 Å². The number of nitrogens with zero attached hydrogens (tertiary/aromatic N) is 2. The summed E-state index contributed by atoms with van der Waals surface area (Å²) in [6.45, 7) is 1.20. The Morgan fingerprint density at radius 2 is 1.78 bits per heavy atom. The van der Waals surface area contributed by atoms with Crippen molar-refractivity contribution in [2.24, 2.45) is 0 Å². The van der Waals surface area contributed by atoms with Gasteiger partial charge in [0.1, 0.15) is 0 Å². The molecule has 0 saturated heterocycles. The van der Waals surface area contributed by atoms with Crippen LogP contribution in [0.3, 0.4) is 0 Å². The molecule has 4 nitrogen and oxygen atoms in total. The van der Waals surface area contributed by atoms with Gasteiger partial charge in [0.25, 0.3) is 5.91 Å².